The Hall–Kier alpha value is -1.64. The van der Waals surface area contributed by atoms with E-state index >= 15 is 0 Å². The standard InChI is InChI=1S/C14H19N3O3S2/c1-10-11(9-21-16-10)8-15-13-7-12(5-6-14(13)20-4)22(18,19)17(2)3/h5-7,9,15H,8H2,1-4H3. The molecule has 0 atom stereocenters. The number of hydrogen-bond donors (Lipinski definition) is 1. The Morgan fingerprint density at radius 1 is 1.36 bits per heavy atom. The highest BCUT2D eigenvalue weighted by atomic mass is 32.2. The maximum Gasteiger partial charge on any atom is 0.242 e. The normalized spacial score (nSPS) is 11.7. The molecule has 1 N–H and O–H groups in total. The number of benzene rings is 1. The summed E-state index contributed by atoms with van der Waals surface area (Å²) in [5.74, 6) is 0.596. The lowest BCUT2D eigenvalue weighted by Crippen LogP contribution is -2.22. The molecule has 0 saturated heterocycles. The predicted octanol–water partition coefficient (Wildman–Crippen LogP) is 2.32. The molecule has 1 heterocycles. The first-order valence-corrected chi connectivity index (χ1v) is 8.88. The van der Waals surface area contributed by atoms with Crippen molar-refractivity contribution in [1.29, 1.82) is 0 Å². The minimum Gasteiger partial charge on any atom is -0.495 e. The van der Waals surface area contributed by atoms with Crippen LogP contribution in [0.4, 0.5) is 5.69 Å². The van der Waals surface area contributed by atoms with Gasteiger partial charge in [-0.05, 0) is 36.7 Å². The van der Waals surface area contributed by atoms with E-state index in [0.717, 1.165) is 11.3 Å². The van der Waals surface area contributed by atoms with Gasteiger partial charge in [-0.1, -0.05) is 0 Å². The zero-order valence-corrected chi connectivity index (χ0v) is 14.6. The van der Waals surface area contributed by atoms with Crippen LogP contribution in [0.1, 0.15) is 11.3 Å². The second-order valence-corrected chi connectivity index (χ2v) is 7.71. The molecule has 120 valence electrons. The van der Waals surface area contributed by atoms with E-state index in [9.17, 15) is 8.42 Å². The Bertz CT molecular complexity index is 754. The molecule has 1 aromatic heterocycles. The molecule has 0 radical (unpaired) electrons. The van der Waals surface area contributed by atoms with Gasteiger partial charge in [-0.25, -0.2) is 12.7 Å². The van der Waals surface area contributed by atoms with E-state index in [1.807, 2.05) is 12.3 Å². The number of nitrogens with zero attached hydrogens (tertiary/aromatic N) is 2. The predicted molar refractivity (Wildman–Crippen MR) is 88.0 cm³/mol. The average molecular weight is 341 g/mol. The number of sulfonamides is 1. The van der Waals surface area contributed by atoms with Crippen molar-refractivity contribution in [3.63, 3.8) is 0 Å². The van der Waals surface area contributed by atoms with E-state index in [2.05, 4.69) is 9.69 Å². The highest BCUT2D eigenvalue weighted by Gasteiger charge is 2.19. The average Bonchev–Trinajstić information content (AvgIpc) is 2.89. The van der Waals surface area contributed by atoms with Crippen molar-refractivity contribution in [2.75, 3.05) is 26.5 Å². The summed E-state index contributed by atoms with van der Waals surface area (Å²) in [4.78, 5) is 0.223. The molecule has 0 spiro atoms. The van der Waals surface area contributed by atoms with Crippen LogP contribution in [0.15, 0.2) is 28.5 Å². The van der Waals surface area contributed by atoms with E-state index in [-0.39, 0.29) is 4.90 Å². The molecule has 22 heavy (non-hydrogen) atoms. The zero-order valence-electron chi connectivity index (χ0n) is 13.0. The molecule has 0 aliphatic heterocycles. The number of hydrogen-bond acceptors (Lipinski definition) is 6. The fraction of sp³-hybridized carbons (Fsp3) is 0.357. The molecule has 0 fully saturated rings. The first-order chi connectivity index (χ1) is 10.4. The summed E-state index contributed by atoms with van der Waals surface area (Å²) in [6.07, 6.45) is 0. The van der Waals surface area contributed by atoms with Crippen molar-refractivity contribution < 1.29 is 13.2 Å². The molecule has 1 aromatic carbocycles. The highest BCUT2D eigenvalue weighted by molar-refractivity contribution is 7.89. The second-order valence-electron chi connectivity index (χ2n) is 4.93. The van der Waals surface area contributed by atoms with Crippen LogP contribution in [0.3, 0.4) is 0 Å². The van der Waals surface area contributed by atoms with E-state index < -0.39 is 10.0 Å². The molecule has 0 unspecified atom stereocenters. The van der Waals surface area contributed by atoms with Crippen LogP contribution in [0.5, 0.6) is 5.75 Å². The first-order valence-electron chi connectivity index (χ1n) is 6.60. The third-order valence-corrected chi connectivity index (χ3v) is 5.85. The van der Waals surface area contributed by atoms with Crippen LogP contribution < -0.4 is 10.1 Å². The van der Waals surface area contributed by atoms with Crippen LogP contribution in [0.2, 0.25) is 0 Å². The Morgan fingerprint density at radius 3 is 2.64 bits per heavy atom. The number of aryl methyl sites for hydroxylation is 1. The lowest BCUT2D eigenvalue weighted by atomic mass is 10.2. The van der Waals surface area contributed by atoms with Gasteiger partial charge in [0.25, 0.3) is 0 Å². The third kappa shape index (κ3) is 3.40. The van der Waals surface area contributed by atoms with Gasteiger partial charge in [0.2, 0.25) is 10.0 Å². The number of aromatic nitrogens is 1. The van der Waals surface area contributed by atoms with Gasteiger partial charge in [0.05, 0.1) is 23.4 Å². The fourth-order valence-electron chi connectivity index (χ4n) is 1.87. The van der Waals surface area contributed by atoms with Gasteiger partial charge < -0.3 is 10.1 Å². The molecule has 0 aliphatic rings. The second kappa shape index (κ2) is 6.64. The van der Waals surface area contributed by atoms with Crippen molar-refractivity contribution in [3.05, 3.63) is 34.8 Å². The van der Waals surface area contributed by atoms with Gasteiger partial charge in [-0.15, -0.1) is 0 Å². The smallest absolute Gasteiger partial charge is 0.242 e. The third-order valence-electron chi connectivity index (χ3n) is 3.27. The van der Waals surface area contributed by atoms with Gasteiger partial charge >= 0.3 is 0 Å². The van der Waals surface area contributed by atoms with Crippen LogP contribution in [0.25, 0.3) is 0 Å². The minimum atomic E-state index is -3.48. The molecule has 0 amide bonds. The molecular formula is C14H19N3O3S2. The van der Waals surface area contributed by atoms with E-state index in [0.29, 0.717) is 18.0 Å². The Balaban J connectivity index is 2.31. The van der Waals surface area contributed by atoms with E-state index in [1.54, 1.807) is 19.2 Å². The monoisotopic (exact) mass is 341 g/mol. The Kier molecular flexibility index (Phi) is 5.05. The molecule has 0 aliphatic carbocycles. The van der Waals surface area contributed by atoms with E-state index in [1.165, 1.54) is 36.0 Å². The van der Waals surface area contributed by atoms with Crippen molar-refractivity contribution in [1.82, 2.24) is 8.68 Å². The number of anilines is 1. The Morgan fingerprint density at radius 2 is 2.09 bits per heavy atom. The largest absolute Gasteiger partial charge is 0.495 e. The Labute approximate surface area is 134 Å². The lowest BCUT2D eigenvalue weighted by molar-refractivity contribution is 0.416. The molecule has 2 rings (SSSR count). The van der Waals surface area contributed by atoms with E-state index in [4.69, 9.17) is 4.74 Å². The van der Waals surface area contributed by atoms with Crippen LogP contribution >= 0.6 is 11.5 Å². The summed E-state index contributed by atoms with van der Waals surface area (Å²) in [5, 5.41) is 5.19. The van der Waals surface area contributed by atoms with Crippen molar-refractivity contribution >= 4 is 27.2 Å². The molecule has 6 nitrogen and oxygen atoms in total. The van der Waals surface area contributed by atoms with Gasteiger partial charge in [-0.3, -0.25) is 0 Å². The maximum absolute atomic E-state index is 12.2. The maximum atomic E-state index is 12.2. The van der Waals surface area contributed by atoms with Crippen molar-refractivity contribution in [2.24, 2.45) is 0 Å². The molecule has 0 bridgehead atoms. The number of nitrogens with one attached hydrogen (secondary N) is 1. The molecular weight excluding hydrogens is 322 g/mol. The summed E-state index contributed by atoms with van der Waals surface area (Å²) >= 11 is 1.40. The summed E-state index contributed by atoms with van der Waals surface area (Å²) < 4.78 is 35.1. The molecule has 0 saturated carbocycles. The van der Waals surface area contributed by atoms with Gasteiger partial charge in [0.1, 0.15) is 5.75 Å². The van der Waals surface area contributed by atoms with Gasteiger partial charge in [0, 0.05) is 31.6 Å². The fourth-order valence-corrected chi connectivity index (χ4v) is 3.51. The topological polar surface area (TPSA) is 71.5 Å². The zero-order chi connectivity index (χ0) is 16.3. The minimum absolute atomic E-state index is 0.223. The summed E-state index contributed by atoms with van der Waals surface area (Å²) in [7, 11) is 1.09. The number of methoxy groups -OCH3 is 1. The lowest BCUT2D eigenvalue weighted by Gasteiger charge is -2.15. The molecule has 8 heteroatoms. The number of rotatable bonds is 6. The van der Waals surface area contributed by atoms with Crippen LogP contribution in [-0.2, 0) is 16.6 Å². The van der Waals surface area contributed by atoms with Crippen LogP contribution in [0, 0.1) is 6.92 Å². The first kappa shape index (κ1) is 16.7. The summed E-state index contributed by atoms with van der Waals surface area (Å²) in [5.41, 5.74) is 2.68. The van der Waals surface area contributed by atoms with Crippen LogP contribution in [-0.4, -0.2) is 38.3 Å². The number of ether oxygens (including phenoxy) is 1. The summed E-state index contributed by atoms with van der Waals surface area (Å²) in [6, 6.07) is 4.78. The van der Waals surface area contributed by atoms with Gasteiger partial charge in [-0.2, -0.15) is 4.37 Å². The SMILES string of the molecule is COc1ccc(S(=O)(=O)N(C)C)cc1NCc1csnc1C. The van der Waals surface area contributed by atoms with Gasteiger partial charge in [0.15, 0.2) is 0 Å². The highest BCUT2D eigenvalue weighted by Crippen LogP contribution is 2.29. The van der Waals surface area contributed by atoms with Crippen molar-refractivity contribution in [2.45, 2.75) is 18.4 Å². The quantitative estimate of drug-likeness (QED) is 0.873. The molecule has 2 aromatic rings. The summed E-state index contributed by atoms with van der Waals surface area (Å²) in [6.45, 7) is 2.50. The van der Waals surface area contributed by atoms with Crippen molar-refractivity contribution in [3.8, 4) is 5.75 Å².